The molecule has 1 aliphatic rings. The summed E-state index contributed by atoms with van der Waals surface area (Å²) in [5.41, 5.74) is 1.89. The molecule has 0 fully saturated rings. The molecule has 0 radical (unpaired) electrons. The van der Waals surface area contributed by atoms with Crippen LogP contribution in [0.2, 0.25) is 0 Å². The first-order valence-corrected chi connectivity index (χ1v) is 7.95. The average Bonchev–Trinajstić information content (AvgIpc) is 2.54. The Balaban J connectivity index is 2.28. The quantitative estimate of drug-likeness (QED) is 0.847. The first-order chi connectivity index (χ1) is 11.3. The van der Waals surface area contributed by atoms with Crippen molar-refractivity contribution in [3.8, 4) is 6.07 Å². The van der Waals surface area contributed by atoms with Crippen LogP contribution in [0.4, 0.5) is 5.69 Å². The van der Waals surface area contributed by atoms with E-state index in [0.717, 1.165) is 11.3 Å². The Morgan fingerprint density at radius 3 is 2.29 bits per heavy atom. The highest BCUT2D eigenvalue weighted by molar-refractivity contribution is 6.09. The van der Waals surface area contributed by atoms with Crippen molar-refractivity contribution in [3.63, 3.8) is 0 Å². The van der Waals surface area contributed by atoms with E-state index < -0.39 is 0 Å². The molecule has 2 rings (SSSR count). The highest BCUT2D eigenvalue weighted by atomic mass is 16.5. The van der Waals surface area contributed by atoms with Gasteiger partial charge >= 0.3 is 0 Å². The summed E-state index contributed by atoms with van der Waals surface area (Å²) >= 11 is 0. The molecule has 24 heavy (non-hydrogen) atoms. The van der Waals surface area contributed by atoms with Crippen LogP contribution in [-0.2, 0) is 14.3 Å². The van der Waals surface area contributed by atoms with Gasteiger partial charge in [-0.2, -0.15) is 5.26 Å². The van der Waals surface area contributed by atoms with Crippen LogP contribution in [0.15, 0.2) is 35.6 Å². The molecule has 0 aliphatic carbocycles. The molecular weight excluding hydrogens is 304 g/mol. The highest BCUT2D eigenvalue weighted by Gasteiger charge is 2.30. The summed E-state index contributed by atoms with van der Waals surface area (Å²) in [5.74, 6) is 0.148. The van der Waals surface area contributed by atoms with Crippen molar-refractivity contribution in [2.45, 2.75) is 33.3 Å². The van der Waals surface area contributed by atoms with Crippen LogP contribution in [0, 0.1) is 16.7 Å². The number of benzene rings is 1. The summed E-state index contributed by atoms with van der Waals surface area (Å²) < 4.78 is 10.8. The van der Waals surface area contributed by atoms with Crippen LogP contribution in [0.5, 0.6) is 0 Å². The van der Waals surface area contributed by atoms with Gasteiger partial charge in [-0.3, -0.25) is 4.79 Å². The molecule has 0 aromatic heterocycles. The lowest BCUT2D eigenvalue weighted by atomic mass is 9.84. The zero-order valence-corrected chi connectivity index (χ0v) is 14.9. The van der Waals surface area contributed by atoms with Crippen molar-refractivity contribution in [2.24, 2.45) is 5.41 Å². The van der Waals surface area contributed by atoms with Gasteiger partial charge in [0.2, 0.25) is 0 Å². The smallest absolute Gasteiger partial charge is 0.272 e. The van der Waals surface area contributed by atoms with Crippen LogP contribution in [0.3, 0.4) is 0 Å². The molecule has 0 saturated carbocycles. The first kappa shape index (κ1) is 18.0. The van der Waals surface area contributed by atoms with E-state index in [9.17, 15) is 10.1 Å². The van der Waals surface area contributed by atoms with E-state index in [-0.39, 0.29) is 23.0 Å². The topological polar surface area (TPSA) is 62.6 Å². The summed E-state index contributed by atoms with van der Waals surface area (Å²) in [7, 11) is 3.19. The molecule has 1 aromatic carbocycles. The predicted octanol–water partition coefficient (Wildman–Crippen LogP) is 3.58. The lowest BCUT2D eigenvalue weighted by molar-refractivity contribution is -0.115. The van der Waals surface area contributed by atoms with E-state index in [1.165, 1.54) is 7.11 Å². The Morgan fingerprint density at radius 2 is 1.83 bits per heavy atom. The molecule has 1 heterocycles. The van der Waals surface area contributed by atoms with Crippen molar-refractivity contribution >= 4 is 11.6 Å². The van der Waals surface area contributed by atoms with E-state index >= 15 is 0 Å². The fourth-order valence-electron chi connectivity index (χ4n) is 3.07. The number of hydrogen-bond donors (Lipinski definition) is 0. The summed E-state index contributed by atoms with van der Waals surface area (Å²) in [4.78, 5) is 14.1. The average molecular weight is 328 g/mol. The fraction of sp³-hybridized carbons (Fsp3) is 0.474. The second-order valence-electron chi connectivity index (χ2n) is 6.89. The summed E-state index contributed by atoms with van der Waals surface area (Å²) in [6, 6.07) is 9.71. The monoisotopic (exact) mass is 328 g/mol. The second kappa shape index (κ2) is 7.06. The number of carbonyl (C=O) groups excluding carboxylic acids is 1. The number of hydrogen-bond acceptors (Lipinski definition) is 4. The number of rotatable bonds is 4. The Labute approximate surface area is 143 Å². The highest BCUT2D eigenvalue weighted by Crippen LogP contribution is 2.36. The second-order valence-corrected chi connectivity index (χ2v) is 6.89. The lowest BCUT2D eigenvalue weighted by Gasteiger charge is -2.31. The van der Waals surface area contributed by atoms with Crippen LogP contribution < -0.4 is 4.90 Å². The third-order valence-corrected chi connectivity index (χ3v) is 4.19. The van der Waals surface area contributed by atoms with E-state index in [2.05, 4.69) is 20.8 Å². The molecule has 0 N–H and O–H groups in total. The molecule has 1 aliphatic heterocycles. The molecule has 1 amide bonds. The van der Waals surface area contributed by atoms with Crippen LogP contribution in [0.1, 0.15) is 38.9 Å². The Hall–Kier alpha value is -2.32. The summed E-state index contributed by atoms with van der Waals surface area (Å²) in [5, 5.41) is 9.21. The van der Waals surface area contributed by atoms with Crippen molar-refractivity contribution in [1.82, 2.24) is 0 Å². The summed E-state index contributed by atoms with van der Waals surface area (Å²) in [6.07, 6.45) is 0.508. The SMILES string of the molecule is COC1=C(C#N)C(=O)N(c2ccc(C(OC)C(C)(C)C)cc2)CC1. The fourth-order valence-corrected chi connectivity index (χ4v) is 3.07. The minimum absolute atomic E-state index is 0.0265. The molecule has 1 atom stereocenters. The number of carbonyl (C=O) groups is 1. The number of amides is 1. The molecule has 5 heteroatoms. The maximum Gasteiger partial charge on any atom is 0.272 e. The maximum absolute atomic E-state index is 12.5. The van der Waals surface area contributed by atoms with Gasteiger partial charge in [0, 0.05) is 25.8 Å². The zero-order valence-electron chi connectivity index (χ0n) is 14.9. The van der Waals surface area contributed by atoms with Crippen LogP contribution in [-0.4, -0.2) is 26.7 Å². The van der Waals surface area contributed by atoms with Gasteiger partial charge in [-0.05, 0) is 23.1 Å². The zero-order chi connectivity index (χ0) is 17.9. The molecule has 0 spiro atoms. The predicted molar refractivity (Wildman–Crippen MR) is 92.3 cm³/mol. The molecular formula is C19H24N2O3. The van der Waals surface area contributed by atoms with Crippen molar-refractivity contribution in [3.05, 3.63) is 41.2 Å². The summed E-state index contributed by atoms with van der Waals surface area (Å²) in [6.45, 7) is 6.87. The number of nitrogens with zero attached hydrogens (tertiary/aromatic N) is 2. The maximum atomic E-state index is 12.5. The van der Waals surface area contributed by atoms with Crippen LogP contribution >= 0.6 is 0 Å². The van der Waals surface area contributed by atoms with Gasteiger partial charge < -0.3 is 14.4 Å². The van der Waals surface area contributed by atoms with Gasteiger partial charge in [-0.15, -0.1) is 0 Å². The van der Waals surface area contributed by atoms with Gasteiger partial charge in [0.1, 0.15) is 11.8 Å². The Morgan fingerprint density at radius 1 is 1.21 bits per heavy atom. The van der Waals surface area contributed by atoms with E-state index in [0.29, 0.717) is 18.7 Å². The normalized spacial score (nSPS) is 16.8. The van der Waals surface area contributed by atoms with Gasteiger partial charge in [-0.25, -0.2) is 0 Å². The number of methoxy groups -OCH3 is 2. The van der Waals surface area contributed by atoms with Crippen molar-refractivity contribution in [1.29, 1.82) is 5.26 Å². The number of nitriles is 1. The molecule has 5 nitrogen and oxygen atoms in total. The van der Waals surface area contributed by atoms with Gasteiger partial charge in [0.05, 0.1) is 13.2 Å². The van der Waals surface area contributed by atoms with Gasteiger partial charge in [-0.1, -0.05) is 32.9 Å². The van der Waals surface area contributed by atoms with Gasteiger partial charge in [0.25, 0.3) is 5.91 Å². The largest absolute Gasteiger partial charge is 0.499 e. The molecule has 1 unspecified atom stereocenters. The Kier molecular flexibility index (Phi) is 5.30. The molecule has 1 aromatic rings. The third kappa shape index (κ3) is 3.44. The molecule has 128 valence electrons. The first-order valence-electron chi connectivity index (χ1n) is 7.95. The van der Waals surface area contributed by atoms with E-state index in [4.69, 9.17) is 9.47 Å². The van der Waals surface area contributed by atoms with E-state index in [1.807, 2.05) is 30.3 Å². The minimum Gasteiger partial charge on any atom is -0.499 e. The minimum atomic E-state index is -0.313. The lowest BCUT2D eigenvalue weighted by Crippen LogP contribution is -2.37. The molecule has 0 bridgehead atoms. The van der Waals surface area contributed by atoms with Gasteiger partial charge in [0.15, 0.2) is 5.57 Å². The third-order valence-electron chi connectivity index (χ3n) is 4.19. The Bertz CT molecular complexity index is 678. The van der Waals surface area contributed by atoms with Crippen molar-refractivity contribution < 1.29 is 14.3 Å². The standard InChI is InChI=1S/C19H24N2O3/c1-19(2,3)17(24-5)13-6-8-14(9-7-13)21-11-10-16(23-4)15(12-20)18(21)22/h6-9,17H,10-11H2,1-5H3. The van der Waals surface area contributed by atoms with Crippen LogP contribution in [0.25, 0.3) is 0 Å². The molecule has 0 saturated heterocycles. The van der Waals surface area contributed by atoms with E-state index in [1.54, 1.807) is 12.0 Å². The number of anilines is 1. The van der Waals surface area contributed by atoms with Crippen molar-refractivity contribution in [2.75, 3.05) is 25.7 Å². The number of ether oxygens (including phenoxy) is 2.